The summed E-state index contributed by atoms with van der Waals surface area (Å²) < 4.78 is 32.0. The molecule has 3 rings (SSSR count). The summed E-state index contributed by atoms with van der Waals surface area (Å²) in [6.45, 7) is 0. The van der Waals surface area contributed by atoms with E-state index in [1.54, 1.807) is 30.3 Å². The molecular weight excluding hydrogens is 300 g/mol. The number of anilines is 1. The molecule has 1 heterocycles. The highest BCUT2D eigenvalue weighted by Gasteiger charge is 2.15. The van der Waals surface area contributed by atoms with Crippen molar-refractivity contribution in [3.05, 3.63) is 53.9 Å². The second-order valence-corrected chi connectivity index (χ2v) is 6.22. The number of sulfonamides is 1. The standard InChI is InChI=1S/C13H9ClN2O3S/c14-9-2-1-3-11(6-9)20(17,18)16-10-4-5-12-13(7-10)19-8-15-12/h1-8,16H. The predicted molar refractivity (Wildman–Crippen MR) is 76.3 cm³/mol. The zero-order chi connectivity index (χ0) is 14.2. The van der Waals surface area contributed by atoms with E-state index in [2.05, 4.69) is 9.71 Å². The number of fused-ring (bicyclic) bond motifs is 1. The molecule has 102 valence electrons. The largest absolute Gasteiger partial charge is 0.443 e. The zero-order valence-corrected chi connectivity index (χ0v) is 11.6. The monoisotopic (exact) mass is 308 g/mol. The molecule has 1 aromatic heterocycles. The molecule has 5 nitrogen and oxygen atoms in total. The van der Waals surface area contributed by atoms with E-state index < -0.39 is 10.0 Å². The summed E-state index contributed by atoms with van der Waals surface area (Å²) in [6.07, 6.45) is 1.31. The molecule has 0 amide bonds. The molecule has 0 radical (unpaired) electrons. The molecule has 2 aromatic carbocycles. The Morgan fingerprint density at radius 1 is 1.15 bits per heavy atom. The summed E-state index contributed by atoms with van der Waals surface area (Å²) in [6, 6.07) is 10.9. The summed E-state index contributed by atoms with van der Waals surface area (Å²) >= 11 is 5.80. The fraction of sp³-hybridized carbons (Fsp3) is 0. The molecule has 20 heavy (non-hydrogen) atoms. The molecule has 0 spiro atoms. The van der Waals surface area contributed by atoms with Gasteiger partial charge in [-0.2, -0.15) is 0 Å². The number of benzene rings is 2. The molecule has 0 fully saturated rings. The van der Waals surface area contributed by atoms with Crippen LogP contribution in [0.2, 0.25) is 5.02 Å². The summed E-state index contributed by atoms with van der Waals surface area (Å²) in [7, 11) is -3.68. The fourth-order valence-electron chi connectivity index (χ4n) is 1.77. The smallest absolute Gasteiger partial charge is 0.261 e. The van der Waals surface area contributed by atoms with Crippen LogP contribution >= 0.6 is 11.6 Å². The van der Waals surface area contributed by atoms with Gasteiger partial charge in [0.05, 0.1) is 10.6 Å². The molecule has 0 saturated heterocycles. The molecule has 0 atom stereocenters. The first-order valence-corrected chi connectivity index (χ1v) is 7.52. The molecule has 0 unspecified atom stereocenters. The van der Waals surface area contributed by atoms with Crippen LogP contribution in [0.1, 0.15) is 0 Å². The van der Waals surface area contributed by atoms with Crippen molar-refractivity contribution in [3.63, 3.8) is 0 Å². The second-order valence-electron chi connectivity index (χ2n) is 4.10. The van der Waals surface area contributed by atoms with Gasteiger partial charge >= 0.3 is 0 Å². The molecular formula is C13H9ClN2O3S. The third-order valence-corrected chi connectivity index (χ3v) is 4.30. The number of rotatable bonds is 3. The molecule has 7 heteroatoms. The number of hydrogen-bond donors (Lipinski definition) is 1. The lowest BCUT2D eigenvalue weighted by atomic mass is 10.3. The highest BCUT2D eigenvalue weighted by Crippen LogP contribution is 2.22. The maximum atomic E-state index is 12.2. The van der Waals surface area contributed by atoms with E-state index in [0.29, 0.717) is 21.8 Å². The fourth-order valence-corrected chi connectivity index (χ4v) is 3.12. The maximum Gasteiger partial charge on any atom is 0.261 e. The minimum Gasteiger partial charge on any atom is -0.443 e. The van der Waals surface area contributed by atoms with Crippen LogP contribution in [0.3, 0.4) is 0 Å². The Hall–Kier alpha value is -2.05. The average molecular weight is 309 g/mol. The van der Waals surface area contributed by atoms with Crippen molar-refractivity contribution >= 4 is 38.4 Å². The Morgan fingerprint density at radius 3 is 2.80 bits per heavy atom. The summed E-state index contributed by atoms with van der Waals surface area (Å²) in [5.74, 6) is 0. The summed E-state index contributed by atoms with van der Waals surface area (Å²) in [5, 5.41) is 0.360. The van der Waals surface area contributed by atoms with Gasteiger partial charge < -0.3 is 4.42 Å². The van der Waals surface area contributed by atoms with Gasteiger partial charge in [0.1, 0.15) is 5.52 Å². The van der Waals surface area contributed by atoms with Crippen LogP contribution in [0.25, 0.3) is 11.1 Å². The third kappa shape index (κ3) is 2.48. The molecule has 3 aromatic rings. The van der Waals surface area contributed by atoms with E-state index in [4.69, 9.17) is 16.0 Å². The Balaban J connectivity index is 1.96. The number of nitrogens with one attached hydrogen (secondary N) is 1. The van der Waals surface area contributed by atoms with E-state index in [-0.39, 0.29) is 4.90 Å². The zero-order valence-electron chi connectivity index (χ0n) is 10.1. The third-order valence-electron chi connectivity index (χ3n) is 2.69. The van der Waals surface area contributed by atoms with E-state index in [1.165, 1.54) is 18.5 Å². The highest BCUT2D eigenvalue weighted by molar-refractivity contribution is 7.92. The van der Waals surface area contributed by atoms with Gasteiger partial charge in [-0.05, 0) is 30.3 Å². The topological polar surface area (TPSA) is 72.2 Å². The lowest BCUT2D eigenvalue weighted by molar-refractivity contribution is 0.601. The van der Waals surface area contributed by atoms with Gasteiger partial charge in [-0.3, -0.25) is 4.72 Å². The first kappa shape index (κ1) is 13.0. The second kappa shape index (κ2) is 4.81. The van der Waals surface area contributed by atoms with Gasteiger partial charge in [0.15, 0.2) is 12.0 Å². The van der Waals surface area contributed by atoms with Gasteiger partial charge in [-0.1, -0.05) is 17.7 Å². The van der Waals surface area contributed by atoms with Crippen LogP contribution in [0.4, 0.5) is 5.69 Å². The Morgan fingerprint density at radius 2 is 2.00 bits per heavy atom. The SMILES string of the molecule is O=S(=O)(Nc1ccc2ncoc2c1)c1cccc(Cl)c1. The Bertz CT molecular complexity index is 874. The van der Waals surface area contributed by atoms with Gasteiger partial charge in [-0.25, -0.2) is 13.4 Å². The average Bonchev–Trinajstić information content (AvgIpc) is 2.85. The van der Waals surface area contributed by atoms with Crippen molar-refractivity contribution in [2.45, 2.75) is 4.90 Å². The maximum absolute atomic E-state index is 12.2. The molecule has 0 aliphatic rings. The van der Waals surface area contributed by atoms with Crippen molar-refractivity contribution in [3.8, 4) is 0 Å². The summed E-state index contributed by atoms with van der Waals surface area (Å²) in [5.41, 5.74) is 1.57. The number of nitrogens with zero attached hydrogens (tertiary/aromatic N) is 1. The number of aromatic nitrogens is 1. The van der Waals surface area contributed by atoms with E-state index in [1.807, 2.05) is 0 Å². The molecule has 0 aliphatic heterocycles. The Kier molecular flexibility index (Phi) is 3.11. The Labute approximate surface area is 120 Å². The van der Waals surface area contributed by atoms with Gasteiger partial charge in [-0.15, -0.1) is 0 Å². The van der Waals surface area contributed by atoms with E-state index in [9.17, 15) is 8.42 Å². The first-order valence-electron chi connectivity index (χ1n) is 5.66. The van der Waals surface area contributed by atoms with Gasteiger partial charge in [0.2, 0.25) is 0 Å². The minimum atomic E-state index is -3.68. The molecule has 1 N–H and O–H groups in total. The minimum absolute atomic E-state index is 0.0997. The predicted octanol–water partition coefficient (Wildman–Crippen LogP) is 3.28. The normalized spacial score (nSPS) is 11.7. The summed E-state index contributed by atoms with van der Waals surface area (Å²) in [4.78, 5) is 4.06. The van der Waals surface area contributed by atoms with Gasteiger partial charge in [0, 0.05) is 11.1 Å². The number of halogens is 1. The van der Waals surface area contributed by atoms with Crippen LogP contribution in [-0.2, 0) is 10.0 Å². The van der Waals surface area contributed by atoms with Crippen LogP contribution < -0.4 is 4.72 Å². The van der Waals surface area contributed by atoms with Crippen LogP contribution in [0.15, 0.2) is 58.2 Å². The molecule has 0 saturated carbocycles. The van der Waals surface area contributed by atoms with Crippen molar-refractivity contribution in [2.24, 2.45) is 0 Å². The quantitative estimate of drug-likeness (QED) is 0.806. The van der Waals surface area contributed by atoms with E-state index >= 15 is 0 Å². The van der Waals surface area contributed by atoms with Crippen LogP contribution in [0.5, 0.6) is 0 Å². The first-order chi connectivity index (χ1) is 9.54. The lowest BCUT2D eigenvalue weighted by Gasteiger charge is -2.08. The van der Waals surface area contributed by atoms with Crippen molar-refractivity contribution in [2.75, 3.05) is 4.72 Å². The molecule has 0 aliphatic carbocycles. The van der Waals surface area contributed by atoms with Crippen molar-refractivity contribution in [1.29, 1.82) is 0 Å². The number of hydrogen-bond acceptors (Lipinski definition) is 4. The van der Waals surface area contributed by atoms with Crippen molar-refractivity contribution in [1.82, 2.24) is 4.98 Å². The number of oxazole rings is 1. The van der Waals surface area contributed by atoms with Crippen molar-refractivity contribution < 1.29 is 12.8 Å². The lowest BCUT2D eigenvalue weighted by Crippen LogP contribution is -2.12. The van der Waals surface area contributed by atoms with E-state index in [0.717, 1.165) is 0 Å². The molecule has 0 bridgehead atoms. The van der Waals surface area contributed by atoms with Gasteiger partial charge in [0.25, 0.3) is 10.0 Å². The van der Waals surface area contributed by atoms with Crippen LogP contribution in [0, 0.1) is 0 Å². The van der Waals surface area contributed by atoms with Crippen LogP contribution in [-0.4, -0.2) is 13.4 Å². The highest BCUT2D eigenvalue weighted by atomic mass is 35.5.